The van der Waals surface area contributed by atoms with Crippen LogP contribution in [0.2, 0.25) is 0 Å². The van der Waals surface area contributed by atoms with Crippen molar-refractivity contribution in [2.24, 2.45) is 10.1 Å². The van der Waals surface area contributed by atoms with Crippen molar-refractivity contribution in [1.29, 1.82) is 0 Å². The van der Waals surface area contributed by atoms with Crippen LogP contribution in [0, 0.1) is 0 Å². The van der Waals surface area contributed by atoms with Crippen LogP contribution in [-0.4, -0.2) is 11.4 Å². The standard InChI is InChI=1S/C14H11N3OS.BrH/c1-2-5-11(6-3-1)13-10-19-14(17-16-13)15-9-12-7-4-8-18-12;/h1-10,16H;1H/b15-9+;. The molecule has 2 heterocycles. The van der Waals surface area contributed by atoms with Gasteiger partial charge in [0.15, 0.2) is 0 Å². The minimum absolute atomic E-state index is 0. The molecular weight excluding hydrogens is 338 g/mol. The zero-order valence-electron chi connectivity index (χ0n) is 10.4. The van der Waals surface area contributed by atoms with Gasteiger partial charge in [0.05, 0.1) is 18.2 Å². The Morgan fingerprint density at radius 1 is 1.15 bits per heavy atom. The molecule has 20 heavy (non-hydrogen) atoms. The third kappa shape index (κ3) is 3.61. The molecule has 1 aliphatic rings. The maximum Gasteiger partial charge on any atom is 0.211 e. The minimum atomic E-state index is 0. The summed E-state index contributed by atoms with van der Waals surface area (Å²) in [5.41, 5.74) is 5.08. The largest absolute Gasteiger partial charge is 0.463 e. The number of benzene rings is 1. The summed E-state index contributed by atoms with van der Waals surface area (Å²) in [6.45, 7) is 0. The van der Waals surface area contributed by atoms with E-state index in [1.165, 1.54) is 11.8 Å². The first-order valence-electron chi connectivity index (χ1n) is 5.75. The van der Waals surface area contributed by atoms with Crippen LogP contribution in [0.25, 0.3) is 5.70 Å². The molecule has 0 radical (unpaired) electrons. The van der Waals surface area contributed by atoms with Crippen molar-refractivity contribution < 1.29 is 4.42 Å². The highest BCUT2D eigenvalue weighted by Crippen LogP contribution is 2.21. The molecule has 4 nitrogen and oxygen atoms in total. The monoisotopic (exact) mass is 349 g/mol. The summed E-state index contributed by atoms with van der Waals surface area (Å²) in [5, 5.41) is 6.85. The van der Waals surface area contributed by atoms with Crippen molar-refractivity contribution in [3.05, 3.63) is 65.5 Å². The molecule has 0 aliphatic carbocycles. The second kappa shape index (κ2) is 7.12. The van der Waals surface area contributed by atoms with Gasteiger partial charge in [-0.15, -0.1) is 22.1 Å². The molecule has 0 spiro atoms. The van der Waals surface area contributed by atoms with Crippen molar-refractivity contribution in [3.63, 3.8) is 0 Å². The topological polar surface area (TPSA) is 49.9 Å². The first-order chi connectivity index (χ1) is 9.42. The first kappa shape index (κ1) is 14.6. The molecule has 1 aromatic carbocycles. The quantitative estimate of drug-likeness (QED) is 0.837. The lowest BCUT2D eigenvalue weighted by molar-refractivity contribution is 0.560. The molecule has 0 amide bonds. The molecule has 0 fully saturated rings. The number of rotatable bonds is 2. The Morgan fingerprint density at radius 3 is 2.65 bits per heavy atom. The number of amidine groups is 1. The fourth-order valence-corrected chi connectivity index (χ4v) is 2.19. The van der Waals surface area contributed by atoms with E-state index in [-0.39, 0.29) is 17.0 Å². The van der Waals surface area contributed by atoms with E-state index in [1.54, 1.807) is 12.5 Å². The molecule has 0 atom stereocenters. The van der Waals surface area contributed by atoms with Crippen LogP contribution in [0.5, 0.6) is 0 Å². The predicted molar refractivity (Wildman–Crippen MR) is 89.2 cm³/mol. The number of hydrazone groups is 1. The molecule has 1 aromatic heterocycles. The molecule has 6 heteroatoms. The van der Waals surface area contributed by atoms with E-state index in [0.717, 1.165) is 11.3 Å². The average Bonchev–Trinajstić information content (AvgIpc) is 3.00. The van der Waals surface area contributed by atoms with Gasteiger partial charge in [-0.05, 0) is 12.1 Å². The van der Waals surface area contributed by atoms with Gasteiger partial charge in [-0.3, -0.25) is 5.43 Å². The van der Waals surface area contributed by atoms with Gasteiger partial charge < -0.3 is 4.42 Å². The number of hydrogen-bond donors (Lipinski definition) is 1. The SMILES string of the molecule is Br.C1=C(c2ccccc2)NN=C(/N=C/c2ccco2)S1. The van der Waals surface area contributed by atoms with Crippen LogP contribution in [0.3, 0.4) is 0 Å². The molecular formula is C14H12BrN3OS. The smallest absolute Gasteiger partial charge is 0.211 e. The zero-order valence-corrected chi connectivity index (χ0v) is 12.9. The van der Waals surface area contributed by atoms with Crippen LogP contribution in [0.4, 0.5) is 0 Å². The average molecular weight is 350 g/mol. The number of aliphatic imine (C=N–C) groups is 1. The molecule has 0 bridgehead atoms. The maximum absolute atomic E-state index is 5.17. The van der Waals surface area contributed by atoms with Gasteiger partial charge in [-0.25, -0.2) is 4.99 Å². The van der Waals surface area contributed by atoms with Crippen molar-refractivity contribution in [1.82, 2.24) is 5.43 Å². The molecule has 0 saturated carbocycles. The van der Waals surface area contributed by atoms with Gasteiger partial charge in [0.2, 0.25) is 5.17 Å². The highest BCUT2D eigenvalue weighted by molar-refractivity contribution is 8.93. The predicted octanol–water partition coefficient (Wildman–Crippen LogP) is 3.88. The number of halogens is 1. The summed E-state index contributed by atoms with van der Waals surface area (Å²) in [6.07, 6.45) is 3.26. The van der Waals surface area contributed by atoms with Crippen LogP contribution in [0.15, 0.2) is 68.6 Å². The first-order valence-corrected chi connectivity index (χ1v) is 6.63. The van der Waals surface area contributed by atoms with E-state index in [4.69, 9.17) is 4.42 Å². The maximum atomic E-state index is 5.17. The fourth-order valence-electron chi connectivity index (χ4n) is 1.57. The molecule has 0 unspecified atom stereocenters. The number of nitrogens with zero attached hydrogens (tertiary/aromatic N) is 2. The van der Waals surface area contributed by atoms with Gasteiger partial charge in [-0.1, -0.05) is 42.1 Å². The van der Waals surface area contributed by atoms with E-state index in [0.29, 0.717) is 10.9 Å². The van der Waals surface area contributed by atoms with Crippen molar-refractivity contribution in [2.45, 2.75) is 0 Å². The van der Waals surface area contributed by atoms with Crippen molar-refractivity contribution >= 4 is 45.8 Å². The summed E-state index contributed by atoms with van der Waals surface area (Å²) in [4.78, 5) is 4.24. The Morgan fingerprint density at radius 2 is 2.00 bits per heavy atom. The third-order valence-electron chi connectivity index (χ3n) is 2.48. The molecule has 0 saturated heterocycles. The summed E-state index contributed by atoms with van der Waals surface area (Å²) in [6, 6.07) is 13.7. The number of thioether (sulfide) groups is 1. The lowest BCUT2D eigenvalue weighted by Crippen LogP contribution is -2.10. The van der Waals surface area contributed by atoms with E-state index in [9.17, 15) is 0 Å². The number of hydrogen-bond acceptors (Lipinski definition) is 5. The van der Waals surface area contributed by atoms with Gasteiger partial charge in [-0.2, -0.15) is 0 Å². The third-order valence-corrected chi connectivity index (χ3v) is 3.25. The number of nitrogens with one attached hydrogen (secondary N) is 1. The Bertz CT molecular complexity index is 636. The Kier molecular flexibility index (Phi) is 5.20. The van der Waals surface area contributed by atoms with Gasteiger partial charge in [0.25, 0.3) is 0 Å². The highest BCUT2D eigenvalue weighted by atomic mass is 79.9. The van der Waals surface area contributed by atoms with E-state index >= 15 is 0 Å². The molecule has 1 aliphatic heterocycles. The van der Waals surface area contributed by atoms with Crippen LogP contribution >= 0.6 is 28.7 Å². The van der Waals surface area contributed by atoms with E-state index in [1.807, 2.05) is 47.9 Å². The van der Waals surface area contributed by atoms with Crippen LogP contribution in [-0.2, 0) is 0 Å². The Balaban J connectivity index is 0.00000147. The van der Waals surface area contributed by atoms with Crippen molar-refractivity contribution in [2.75, 3.05) is 0 Å². The van der Waals surface area contributed by atoms with Gasteiger partial charge in [0.1, 0.15) is 5.76 Å². The molecule has 2 aromatic rings. The highest BCUT2D eigenvalue weighted by Gasteiger charge is 2.07. The number of furan rings is 1. The summed E-state index contributed by atoms with van der Waals surface area (Å²) >= 11 is 1.47. The summed E-state index contributed by atoms with van der Waals surface area (Å²) in [7, 11) is 0. The normalized spacial score (nSPS) is 14.2. The van der Waals surface area contributed by atoms with Crippen LogP contribution < -0.4 is 5.43 Å². The second-order valence-corrected chi connectivity index (χ2v) is 4.63. The van der Waals surface area contributed by atoms with E-state index in [2.05, 4.69) is 15.5 Å². The Labute approximate surface area is 131 Å². The van der Waals surface area contributed by atoms with Gasteiger partial charge in [0, 0.05) is 11.0 Å². The van der Waals surface area contributed by atoms with E-state index < -0.39 is 0 Å². The fraction of sp³-hybridized carbons (Fsp3) is 0. The summed E-state index contributed by atoms with van der Waals surface area (Å²) < 4.78 is 5.17. The van der Waals surface area contributed by atoms with Crippen LogP contribution in [0.1, 0.15) is 11.3 Å². The summed E-state index contributed by atoms with van der Waals surface area (Å²) in [5.74, 6) is 0.709. The minimum Gasteiger partial charge on any atom is -0.463 e. The van der Waals surface area contributed by atoms with Crippen molar-refractivity contribution in [3.8, 4) is 0 Å². The molecule has 1 N–H and O–H groups in total. The lowest BCUT2D eigenvalue weighted by Gasteiger charge is -2.11. The van der Waals surface area contributed by atoms with Gasteiger partial charge >= 0.3 is 0 Å². The second-order valence-electron chi connectivity index (χ2n) is 3.80. The lowest BCUT2D eigenvalue weighted by atomic mass is 10.2. The molecule has 102 valence electrons. The Hall–Kier alpha value is -1.79. The molecule has 3 rings (SSSR count). The zero-order chi connectivity index (χ0) is 12.9.